The van der Waals surface area contributed by atoms with Crippen LogP contribution >= 0.6 is 11.8 Å². The lowest BCUT2D eigenvalue weighted by Crippen LogP contribution is -2.19. The lowest BCUT2D eigenvalue weighted by Gasteiger charge is -2.20. The number of aromatic nitrogens is 1. The van der Waals surface area contributed by atoms with Crippen molar-refractivity contribution in [2.24, 2.45) is 5.16 Å². The molecule has 1 aromatic heterocycles. The topological polar surface area (TPSA) is 43.7 Å². The molecule has 120 valence electrons. The first kappa shape index (κ1) is 19.8. The van der Waals surface area contributed by atoms with Crippen molar-refractivity contribution in [1.82, 2.24) is 4.98 Å². The molecule has 0 fully saturated rings. The van der Waals surface area contributed by atoms with E-state index in [0.29, 0.717) is 19.1 Å². The third kappa shape index (κ3) is 7.37. The maximum atomic E-state index is 5.49. The van der Waals surface area contributed by atoms with Gasteiger partial charge in [0.2, 0.25) is 0 Å². The molecule has 2 heterocycles. The molecular formula is C16H28N2O2S. The Bertz CT molecular complexity index is 429. The van der Waals surface area contributed by atoms with Gasteiger partial charge in [-0.15, -0.1) is 0 Å². The van der Waals surface area contributed by atoms with Crippen molar-refractivity contribution in [2.45, 2.75) is 58.2 Å². The SMILES string of the molecule is CC.CC.CC(C)(C)Sc1ncccc1C1=NOCCO1. The summed E-state index contributed by atoms with van der Waals surface area (Å²) >= 11 is 1.69. The van der Waals surface area contributed by atoms with Gasteiger partial charge in [0.1, 0.15) is 11.6 Å². The number of ether oxygens (including phenoxy) is 1. The average molecular weight is 312 g/mol. The summed E-state index contributed by atoms with van der Waals surface area (Å²) in [6, 6.07) is 3.83. The standard InChI is InChI=1S/C12H16N2O2S.2C2H6/c1-12(2,3)17-11-9(5-4-6-13-11)10-14-16-8-7-15-10;2*1-2/h4-6H,7-8H2,1-3H3;2*1-2H3. The number of nitrogens with zero attached hydrogens (tertiary/aromatic N) is 2. The molecule has 0 unspecified atom stereocenters. The fourth-order valence-corrected chi connectivity index (χ4v) is 2.32. The van der Waals surface area contributed by atoms with E-state index < -0.39 is 0 Å². The van der Waals surface area contributed by atoms with Crippen molar-refractivity contribution in [3.63, 3.8) is 0 Å². The Balaban J connectivity index is 0.000000921. The van der Waals surface area contributed by atoms with Gasteiger partial charge in [-0.3, -0.25) is 0 Å². The maximum absolute atomic E-state index is 5.49. The molecule has 0 saturated carbocycles. The first-order valence-electron chi connectivity index (χ1n) is 7.53. The van der Waals surface area contributed by atoms with Crippen molar-refractivity contribution in [2.75, 3.05) is 13.2 Å². The number of oxime groups is 1. The van der Waals surface area contributed by atoms with Gasteiger partial charge in [-0.25, -0.2) is 4.98 Å². The number of hydrogen-bond acceptors (Lipinski definition) is 5. The Labute approximate surface area is 133 Å². The smallest absolute Gasteiger partial charge is 0.260 e. The van der Waals surface area contributed by atoms with Crippen molar-refractivity contribution in [3.8, 4) is 0 Å². The van der Waals surface area contributed by atoms with Gasteiger partial charge >= 0.3 is 0 Å². The fourth-order valence-electron chi connectivity index (χ4n) is 1.36. The van der Waals surface area contributed by atoms with Gasteiger partial charge in [-0.2, -0.15) is 0 Å². The maximum Gasteiger partial charge on any atom is 0.260 e. The van der Waals surface area contributed by atoms with Crippen molar-refractivity contribution < 1.29 is 9.57 Å². The Morgan fingerprint density at radius 1 is 1.10 bits per heavy atom. The van der Waals surface area contributed by atoms with Crippen LogP contribution in [0, 0.1) is 0 Å². The highest BCUT2D eigenvalue weighted by molar-refractivity contribution is 8.00. The first-order valence-corrected chi connectivity index (χ1v) is 8.35. The van der Waals surface area contributed by atoms with Crippen LogP contribution in [0.4, 0.5) is 0 Å². The number of hydrogen-bond donors (Lipinski definition) is 0. The van der Waals surface area contributed by atoms with E-state index in [4.69, 9.17) is 9.57 Å². The van der Waals surface area contributed by atoms with Crippen LogP contribution in [-0.4, -0.2) is 28.8 Å². The van der Waals surface area contributed by atoms with Crippen LogP contribution in [0.5, 0.6) is 0 Å². The van der Waals surface area contributed by atoms with Gasteiger partial charge in [0, 0.05) is 10.9 Å². The molecule has 0 radical (unpaired) electrons. The summed E-state index contributed by atoms with van der Waals surface area (Å²) in [4.78, 5) is 9.43. The minimum absolute atomic E-state index is 0.0964. The molecule has 1 aliphatic heterocycles. The zero-order valence-electron chi connectivity index (χ0n) is 14.3. The van der Waals surface area contributed by atoms with Crippen LogP contribution in [0.3, 0.4) is 0 Å². The van der Waals surface area contributed by atoms with Crippen LogP contribution < -0.4 is 0 Å². The van der Waals surface area contributed by atoms with Crippen molar-refractivity contribution in [1.29, 1.82) is 0 Å². The number of thioether (sulfide) groups is 1. The molecule has 0 spiro atoms. The van der Waals surface area contributed by atoms with Crippen LogP contribution in [0.1, 0.15) is 54.0 Å². The van der Waals surface area contributed by atoms with E-state index in [1.807, 2.05) is 39.8 Å². The summed E-state index contributed by atoms with van der Waals surface area (Å²) in [5, 5.41) is 4.85. The van der Waals surface area contributed by atoms with Gasteiger partial charge in [-0.05, 0) is 17.3 Å². The van der Waals surface area contributed by atoms with Gasteiger partial charge in [0.05, 0.1) is 5.56 Å². The van der Waals surface area contributed by atoms with Gasteiger partial charge in [-0.1, -0.05) is 60.2 Å². The molecule has 0 aromatic carbocycles. The van der Waals surface area contributed by atoms with Crippen LogP contribution in [0.2, 0.25) is 0 Å². The largest absolute Gasteiger partial charge is 0.471 e. The second-order valence-electron chi connectivity index (χ2n) is 4.65. The lowest BCUT2D eigenvalue weighted by molar-refractivity contribution is 0.0653. The molecule has 0 bridgehead atoms. The van der Waals surface area contributed by atoms with E-state index in [1.54, 1.807) is 18.0 Å². The van der Waals surface area contributed by atoms with E-state index in [2.05, 4.69) is 30.9 Å². The molecule has 1 aliphatic rings. The highest BCUT2D eigenvalue weighted by Crippen LogP contribution is 2.33. The zero-order valence-corrected chi connectivity index (χ0v) is 15.1. The molecule has 21 heavy (non-hydrogen) atoms. The molecule has 0 N–H and O–H groups in total. The Hall–Kier alpha value is -1.23. The number of rotatable bonds is 2. The predicted octanol–water partition coefficient (Wildman–Crippen LogP) is 4.73. The normalized spacial score (nSPS) is 13.4. The minimum Gasteiger partial charge on any atom is -0.471 e. The molecular weight excluding hydrogens is 284 g/mol. The molecule has 2 rings (SSSR count). The second kappa shape index (κ2) is 10.5. The minimum atomic E-state index is 0.0964. The molecule has 1 aromatic rings. The Morgan fingerprint density at radius 3 is 2.29 bits per heavy atom. The highest BCUT2D eigenvalue weighted by Gasteiger charge is 2.20. The van der Waals surface area contributed by atoms with Crippen LogP contribution in [0.15, 0.2) is 28.5 Å². The van der Waals surface area contributed by atoms with E-state index in [9.17, 15) is 0 Å². The van der Waals surface area contributed by atoms with Crippen molar-refractivity contribution >= 4 is 17.7 Å². The quantitative estimate of drug-likeness (QED) is 0.740. The van der Waals surface area contributed by atoms with E-state index in [-0.39, 0.29) is 4.75 Å². The molecule has 0 atom stereocenters. The first-order chi connectivity index (χ1) is 10.1. The molecule has 0 saturated heterocycles. The Kier molecular flexibility index (Phi) is 9.88. The molecule has 0 aliphatic carbocycles. The van der Waals surface area contributed by atoms with Crippen LogP contribution in [0.25, 0.3) is 0 Å². The molecule has 0 amide bonds. The van der Waals surface area contributed by atoms with E-state index in [1.165, 1.54) is 0 Å². The summed E-state index contributed by atoms with van der Waals surface area (Å²) in [6.07, 6.45) is 1.78. The summed E-state index contributed by atoms with van der Waals surface area (Å²) < 4.78 is 5.59. The highest BCUT2D eigenvalue weighted by atomic mass is 32.2. The third-order valence-corrected chi connectivity index (χ3v) is 3.10. The third-order valence-electron chi connectivity index (χ3n) is 1.97. The van der Waals surface area contributed by atoms with Gasteiger partial charge in [0.25, 0.3) is 5.90 Å². The number of pyridine rings is 1. The summed E-state index contributed by atoms with van der Waals surface area (Å²) in [7, 11) is 0. The summed E-state index contributed by atoms with van der Waals surface area (Å²) in [5.41, 5.74) is 0.895. The van der Waals surface area contributed by atoms with E-state index >= 15 is 0 Å². The molecule has 5 heteroatoms. The zero-order chi connectivity index (χ0) is 16.3. The fraction of sp³-hybridized carbons (Fsp3) is 0.625. The summed E-state index contributed by atoms with van der Waals surface area (Å²) in [6.45, 7) is 15.5. The molecule has 4 nitrogen and oxygen atoms in total. The van der Waals surface area contributed by atoms with Gasteiger partial charge < -0.3 is 9.57 Å². The Morgan fingerprint density at radius 2 is 1.76 bits per heavy atom. The van der Waals surface area contributed by atoms with E-state index in [0.717, 1.165) is 10.6 Å². The average Bonchev–Trinajstić information content (AvgIpc) is 2.51. The predicted molar refractivity (Wildman–Crippen MR) is 91.0 cm³/mol. The van der Waals surface area contributed by atoms with Crippen molar-refractivity contribution in [3.05, 3.63) is 23.9 Å². The summed E-state index contributed by atoms with van der Waals surface area (Å²) in [5.74, 6) is 0.524. The van der Waals surface area contributed by atoms with Gasteiger partial charge in [0.15, 0.2) is 6.61 Å². The van der Waals surface area contributed by atoms with Crippen LogP contribution in [-0.2, 0) is 9.57 Å². The monoisotopic (exact) mass is 312 g/mol. The lowest BCUT2D eigenvalue weighted by atomic mass is 10.2. The second-order valence-corrected chi connectivity index (χ2v) is 6.46.